The highest BCUT2D eigenvalue weighted by atomic mass is 32.2. The number of nitrogens with one attached hydrogen (secondary N) is 1. The molecule has 1 saturated heterocycles. The van der Waals surface area contributed by atoms with E-state index in [1.165, 1.54) is 4.90 Å². The van der Waals surface area contributed by atoms with Gasteiger partial charge in [-0.15, -0.1) is 0 Å². The van der Waals surface area contributed by atoms with E-state index in [1.807, 2.05) is 17.9 Å². The lowest BCUT2D eigenvalue weighted by atomic mass is 10.1. The van der Waals surface area contributed by atoms with Crippen molar-refractivity contribution < 1.29 is 18.0 Å². The van der Waals surface area contributed by atoms with Crippen LogP contribution in [0.5, 0.6) is 0 Å². The van der Waals surface area contributed by atoms with Crippen LogP contribution in [0.25, 0.3) is 0 Å². The third-order valence-electron chi connectivity index (χ3n) is 4.35. The molecule has 24 heavy (non-hydrogen) atoms. The molecule has 1 aromatic carbocycles. The normalized spacial score (nSPS) is 22.1. The second kappa shape index (κ2) is 6.27. The molecule has 0 unspecified atom stereocenters. The fourth-order valence-corrected chi connectivity index (χ4v) is 4.14. The van der Waals surface area contributed by atoms with Crippen LogP contribution in [0.3, 0.4) is 0 Å². The number of aryl methyl sites for hydroxylation is 1. The quantitative estimate of drug-likeness (QED) is 0.798. The highest BCUT2D eigenvalue weighted by Crippen LogP contribution is 2.30. The number of Topliss-reactive ketones (excluding diaryl/α,β-unsaturated/α-hetero) is 1. The van der Waals surface area contributed by atoms with Gasteiger partial charge in [-0.3, -0.25) is 19.4 Å². The smallest absolute Gasteiger partial charge is 0.291 e. The SMILES string of the molecule is Cc1ccc2c(c1)C(=O)C(=O)N2CN1CCC[C@H](NS(C)(=O)=O)C1. The average molecular weight is 351 g/mol. The van der Waals surface area contributed by atoms with Crippen LogP contribution in [-0.4, -0.2) is 57.1 Å². The number of fused-ring (bicyclic) bond motifs is 1. The lowest BCUT2D eigenvalue weighted by Crippen LogP contribution is -2.51. The number of rotatable bonds is 4. The molecule has 1 fully saturated rings. The molecule has 8 heteroatoms. The second-order valence-electron chi connectivity index (χ2n) is 6.53. The van der Waals surface area contributed by atoms with E-state index in [-0.39, 0.29) is 6.04 Å². The van der Waals surface area contributed by atoms with Crippen LogP contribution in [-0.2, 0) is 14.8 Å². The minimum Gasteiger partial charge on any atom is -0.291 e. The maximum atomic E-state index is 12.3. The maximum Gasteiger partial charge on any atom is 0.300 e. The molecular formula is C16H21N3O4S. The zero-order chi connectivity index (χ0) is 17.5. The van der Waals surface area contributed by atoms with Crippen LogP contribution in [0.2, 0.25) is 0 Å². The summed E-state index contributed by atoms with van der Waals surface area (Å²) in [5, 5.41) is 0. The molecule has 0 bridgehead atoms. The predicted molar refractivity (Wildman–Crippen MR) is 90.4 cm³/mol. The topological polar surface area (TPSA) is 86.8 Å². The summed E-state index contributed by atoms with van der Waals surface area (Å²) in [7, 11) is -3.26. The molecule has 0 aliphatic carbocycles. The van der Waals surface area contributed by atoms with Gasteiger partial charge in [0.2, 0.25) is 10.0 Å². The van der Waals surface area contributed by atoms with E-state index in [2.05, 4.69) is 4.72 Å². The number of amides is 1. The molecule has 0 spiro atoms. The Morgan fingerprint density at radius 3 is 2.75 bits per heavy atom. The van der Waals surface area contributed by atoms with Crippen molar-refractivity contribution in [1.82, 2.24) is 9.62 Å². The zero-order valence-corrected chi connectivity index (χ0v) is 14.6. The van der Waals surface area contributed by atoms with Gasteiger partial charge in [0.25, 0.3) is 5.78 Å². The molecule has 2 aliphatic heterocycles. The number of sulfonamides is 1. The highest BCUT2D eigenvalue weighted by molar-refractivity contribution is 7.88. The molecule has 7 nitrogen and oxygen atoms in total. The van der Waals surface area contributed by atoms with Crippen LogP contribution in [0.4, 0.5) is 5.69 Å². The van der Waals surface area contributed by atoms with Gasteiger partial charge >= 0.3 is 5.91 Å². The van der Waals surface area contributed by atoms with Gasteiger partial charge in [-0.25, -0.2) is 13.1 Å². The van der Waals surface area contributed by atoms with Gasteiger partial charge in [-0.2, -0.15) is 0 Å². The molecule has 0 aromatic heterocycles. The second-order valence-corrected chi connectivity index (χ2v) is 8.31. The van der Waals surface area contributed by atoms with Gasteiger partial charge in [-0.1, -0.05) is 11.6 Å². The number of anilines is 1. The van der Waals surface area contributed by atoms with E-state index in [4.69, 9.17) is 0 Å². The Morgan fingerprint density at radius 1 is 1.29 bits per heavy atom. The summed E-state index contributed by atoms with van der Waals surface area (Å²) >= 11 is 0. The van der Waals surface area contributed by atoms with Gasteiger partial charge in [0.15, 0.2) is 0 Å². The highest BCUT2D eigenvalue weighted by Gasteiger charge is 2.37. The number of likely N-dealkylation sites (tertiary alicyclic amines) is 1. The van der Waals surface area contributed by atoms with E-state index < -0.39 is 21.7 Å². The zero-order valence-electron chi connectivity index (χ0n) is 13.8. The molecule has 2 heterocycles. The van der Waals surface area contributed by atoms with Crippen LogP contribution >= 0.6 is 0 Å². The number of carbonyl (C=O) groups is 2. The molecule has 1 N–H and O–H groups in total. The van der Waals surface area contributed by atoms with Crippen LogP contribution < -0.4 is 9.62 Å². The van der Waals surface area contributed by atoms with E-state index in [1.54, 1.807) is 12.1 Å². The van der Waals surface area contributed by atoms with Crippen LogP contribution in [0.1, 0.15) is 28.8 Å². The van der Waals surface area contributed by atoms with Gasteiger partial charge in [0.1, 0.15) is 0 Å². The first-order valence-corrected chi connectivity index (χ1v) is 9.80. The summed E-state index contributed by atoms with van der Waals surface area (Å²) in [5.41, 5.74) is 2.02. The Hall–Kier alpha value is -1.77. The summed E-state index contributed by atoms with van der Waals surface area (Å²) < 4.78 is 25.4. The Kier molecular flexibility index (Phi) is 4.46. The first-order chi connectivity index (χ1) is 11.2. The molecule has 1 amide bonds. The minimum absolute atomic E-state index is 0.167. The number of nitrogens with zero attached hydrogens (tertiary/aromatic N) is 2. The summed E-state index contributed by atoms with van der Waals surface area (Å²) in [6.45, 7) is 3.46. The van der Waals surface area contributed by atoms with E-state index in [0.717, 1.165) is 31.2 Å². The lowest BCUT2D eigenvalue weighted by molar-refractivity contribution is -0.114. The molecule has 1 aromatic rings. The fourth-order valence-electron chi connectivity index (χ4n) is 3.34. The standard InChI is InChI=1S/C16H21N3O4S/c1-11-5-6-14-13(8-11)15(20)16(21)19(14)10-18-7-3-4-12(9-18)17-24(2,22)23/h5-6,8,12,17H,3-4,7,9-10H2,1-2H3/t12-/m0/s1. The van der Waals surface area contributed by atoms with E-state index in [9.17, 15) is 18.0 Å². The van der Waals surface area contributed by atoms with Crippen molar-refractivity contribution in [3.8, 4) is 0 Å². The number of ketones is 1. The molecule has 0 radical (unpaired) electrons. The van der Waals surface area contributed by atoms with Crippen molar-refractivity contribution in [2.24, 2.45) is 0 Å². The van der Waals surface area contributed by atoms with Gasteiger partial charge in [0, 0.05) is 12.6 Å². The molecular weight excluding hydrogens is 330 g/mol. The lowest BCUT2D eigenvalue weighted by Gasteiger charge is -2.35. The number of carbonyl (C=O) groups excluding carboxylic acids is 2. The summed E-state index contributed by atoms with van der Waals surface area (Å²) in [6, 6.07) is 5.24. The summed E-state index contributed by atoms with van der Waals surface area (Å²) in [5.74, 6) is -0.995. The van der Waals surface area contributed by atoms with Gasteiger partial charge in [0.05, 0.1) is 24.2 Å². The van der Waals surface area contributed by atoms with Crippen molar-refractivity contribution in [2.45, 2.75) is 25.8 Å². The molecule has 3 rings (SSSR count). The Bertz CT molecular complexity index is 791. The number of benzene rings is 1. The Labute approximate surface area is 141 Å². The van der Waals surface area contributed by atoms with E-state index >= 15 is 0 Å². The van der Waals surface area contributed by atoms with Crippen molar-refractivity contribution in [3.05, 3.63) is 29.3 Å². The third kappa shape index (κ3) is 3.50. The van der Waals surface area contributed by atoms with Gasteiger partial charge < -0.3 is 0 Å². The first-order valence-electron chi connectivity index (χ1n) is 7.91. The number of piperidine rings is 1. The van der Waals surface area contributed by atoms with Crippen molar-refractivity contribution in [2.75, 3.05) is 30.9 Å². The summed E-state index contributed by atoms with van der Waals surface area (Å²) in [6.07, 6.45) is 2.75. The maximum absolute atomic E-state index is 12.3. The molecule has 0 saturated carbocycles. The van der Waals surface area contributed by atoms with Crippen molar-refractivity contribution in [1.29, 1.82) is 0 Å². The summed E-state index contributed by atoms with van der Waals surface area (Å²) in [4.78, 5) is 27.9. The molecule has 130 valence electrons. The fraction of sp³-hybridized carbons (Fsp3) is 0.500. The van der Waals surface area contributed by atoms with E-state index in [0.29, 0.717) is 24.5 Å². The first kappa shape index (κ1) is 17.1. The average Bonchev–Trinajstić information content (AvgIpc) is 2.71. The third-order valence-corrected chi connectivity index (χ3v) is 5.12. The minimum atomic E-state index is -3.26. The number of hydrogen-bond donors (Lipinski definition) is 1. The Morgan fingerprint density at radius 2 is 2.04 bits per heavy atom. The van der Waals surface area contributed by atoms with Crippen LogP contribution in [0.15, 0.2) is 18.2 Å². The number of hydrogen-bond acceptors (Lipinski definition) is 5. The molecule has 2 aliphatic rings. The predicted octanol–water partition coefficient (Wildman–Crippen LogP) is 0.495. The monoisotopic (exact) mass is 351 g/mol. The van der Waals surface area contributed by atoms with Crippen molar-refractivity contribution in [3.63, 3.8) is 0 Å². The largest absolute Gasteiger partial charge is 0.300 e. The Balaban J connectivity index is 1.74. The van der Waals surface area contributed by atoms with Gasteiger partial charge in [-0.05, 0) is 38.4 Å². The van der Waals surface area contributed by atoms with Crippen molar-refractivity contribution >= 4 is 27.4 Å². The van der Waals surface area contributed by atoms with Crippen LogP contribution in [0, 0.1) is 6.92 Å². The molecule has 1 atom stereocenters.